The van der Waals surface area contributed by atoms with Gasteiger partial charge in [-0.15, -0.1) is 0 Å². The molecule has 1 amide bonds. The number of aromatic amines is 1. The van der Waals surface area contributed by atoms with Gasteiger partial charge in [-0.3, -0.25) is 10.1 Å². The van der Waals surface area contributed by atoms with E-state index in [0.717, 1.165) is 39.4 Å². The van der Waals surface area contributed by atoms with Gasteiger partial charge < -0.3 is 14.2 Å². The molecule has 0 atom stereocenters. The lowest BCUT2D eigenvalue weighted by atomic mass is 10.1. The molecular weight excluding hydrogens is 356 g/mol. The second kappa shape index (κ2) is 7.56. The van der Waals surface area contributed by atoms with E-state index in [2.05, 4.69) is 20.4 Å². The van der Waals surface area contributed by atoms with Crippen molar-refractivity contribution in [1.29, 1.82) is 0 Å². The first-order chi connectivity index (χ1) is 13.6. The number of aromatic nitrogens is 3. The first-order valence-corrected chi connectivity index (χ1v) is 8.96. The zero-order chi connectivity index (χ0) is 19.5. The van der Waals surface area contributed by atoms with Crippen LogP contribution < -0.4 is 10.1 Å². The Balaban J connectivity index is 1.34. The van der Waals surface area contributed by atoms with Crippen molar-refractivity contribution in [2.24, 2.45) is 0 Å². The van der Waals surface area contributed by atoms with Gasteiger partial charge in [0, 0.05) is 0 Å². The molecule has 4 rings (SSSR count). The minimum atomic E-state index is -0.136. The largest absolute Gasteiger partial charge is 0.489 e. The Labute approximate surface area is 161 Å². The molecule has 7 heteroatoms. The molecule has 4 aromatic rings. The second-order valence-corrected chi connectivity index (χ2v) is 6.56. The maximum atomic E-state index is 12.3. The van der Waals surface area contributed by atoms with E-state index in [1.165, 1.54) is 0 Å². The number of para-hydroxylation sites is 2. The first-order valence-electron chi connectivity index (χ1n) is 8.96. The van der Waals surface area contributed by atoms with Crippen LogP contribution in [0.4, 0.5) is 5.95 Å². The van der Waals surface area contributed by atoms with Gasteiger partial charge in [0.25, 0.3) is 0 Å². The van der Waals surface area contributed by atoms with Crippen molar-refractivity contribution in [2.45, 2.75) is 26.9 Å². The summed E-state index contributed by atoms with van der Waals surface area (Å²) in [4.78, 5) is 19.7. The Morgan fingerprint density at radius 1 is 1.14 bits per heavy atom. The summed E-state index contributed by atoms with van der Waals surface area (Å²) in [5, 5.41) is 6.71. The molecule has 28 heavy (non-hydrogen) atoms. The number of imidazole rings is 1. The van der Waals surface area contributed by atoms with Crippen LogP contribution in [0, 0.1) is 13.8 Å². The highest BCUT2D eigenvalue weighted by Gasteiger charge is 2.10. The fourth-order valence-corrected chi connectivity index (χ4v) is 2.94. The van der Waals surface area contributed by atoms with Crippen LogP contribution >= 0.6 is 0 Å². The summed E-state index contributed by atoms with van der Waals surface area (Å²) in [7, 11) is 0. The molecule has 7 nitrogen and oxygen atoms in total. The Bertz CT molecular complexity index is 1060. The minimum Gasteiger partial charge on any atom is -0.489 e. The predicted molar refractivity (Wildman–Crippen MR) is 105 cm³/mol. The molecule has 0 aliphatic carbocycles. The van der Waals surface area contributed by atoms with Gasteiger partial charge in [-0.1, -0.05) is 29.4 Å². The number of aryl methyl sites for hydroxylation is 2. The van der Waals surface area contributed by atoms with E-state index >= 15 is 0 Å². The summed E-state index contributed by atoms with van der Waals surface area (Å²) in [5.74, 6) is 1.80. The van der Waals surface area contributed by atoms with Crippen molar-refractivity contribution in [3.8, 4) is 5.75 Å². The number of H-pyrrole nitrogens is 1. The van der Waals surface area contributed by atoms with Gasteiger partial charge in [0.1, 0.15) is 18.1 Å². The fraction of sp³-hybridized carbons (Fsp3) is 0.190. The van der Waals surface area contributed by atoms with Crippen molar-refractivity contribution in [3.63, 3.8) is 0 Å². The smallest absolute Gasteiger partial charge is 0.231 e. The number of anilines is 1. The van der Waals surface area contributed by atoms with E-state index in [1.54, 1.807) is 0 Å². The molecule has 2 N–H and O–H groups in total. The van der Waals surface area contributed by atoms with Crippen LogP contribution in [0.25, 0.3) is 11.0 Å². The number of carbonyl (C=O) groups is 1. The van der Waals surface area contributed by atoms with Crippen LogP contribution in [0.5, 0.6) is 5.75 Å². The third-order valence-electron chi connectivity index (χ3n) is 4.50. The molecule has 0 unspecified atom stereocenters. The van der Waals surface area contributed by atoms with E-state index in [9.17, 15) is 4.79 Å². The van der Waals surface area contributed by atoms with Crippen molar-refractivity contribution in [1.82, 2.24) is 15.1 Å². The number of ether oxygens (including phenoxy) is 1. The molecule has 142 valence electrons. The van der Waals surface area contributed by atoms with Gasteiger partial charge >= 0.3 is 0 Å². The third-order valence-corrected chi connectivity index (χ3v) is 4.50. The van der Waals surface area contributed by atoms with Crippen LogP contribution in [0.1, 0.15) is 22.6 Å². The standard InChI is InChI=1S/C21H20N4O3/c1-13-17(14(2)28-25-13)12-27-16-9-7-15(8-10-16)11-20(26)24-21-22-18-5-3-4-6-19(18)23-21/h3-10H,11-12H2,1-2H3,(H2,22,23,24,26). The lowest BCUT2D eigenvalue weighted by Gasteiger charge is -2.07. The minimum absolute atomic E-state index is 0.136. The van der Waals surface area contributed by atoms with Crippen LogP contribution in [-0.2, 0) is 17.8 Å². The molecule has 2 heterocycles. The zero-order valence-electron chi connectivity index (χ0n) is 15.7. The number of hydrogen-bond acceptors (Lipinski definition) is 5. The lowest BCUT2D eigenvalue weighted by Crippen LogP contribution is -2.15. The summed E-state index contributed by atoms with van der Waals surface area (Å²) in [6, 6.07) is 15.1. The monoisotopic (exact) mass is 376 g/mol. The maximum absolute atomic E-state index is 12.3. The van der Waals surface area contributed by atoms with Crippen molar-refractivity contribution in [3.05, 3.63) is 71.1 Å². The highest BCUT2D eigenvalue weighted by molar-refractivity contribution is 5.92. The molecule has 0 bridgehead atoms. The molecule has 0 aliphatic heterocycles. The number of rotatable bonds is 6. The summed E-state index contributed by atoms with van der Waals surface area (Å²) < 4.78 is 10.9. The average Bonchev–Trinajstić information content (AvgIpc) is 3.23. The second-order valence-electron chi connectivity index (χ2n) is 6.56. The Hall–Kier alpha value is -3.61. The summed E-state index contributed by atoms with van der Waals surface area (Å²) in [6.45, 7) is 4.15. The number of nitrogens with one attached hydrogen (secondary N) is 2. The average molecular weight is 376 g/mol. The van der Waals surface area contributed by atoms with Gasteiger partial charge in [-0.25, -0.2) is 4.98 Å². The highest BCUT2D eigenvalue weighted by Crippen LogP contribution is 2.18. The van der Waals surface area contributed by atoms with Crippen LogP contribution in [0.3, 0.4) is 0 Å². The van der Waals surface area contributed by atoms with Crippen LogP contribution in [0.15, 0.2) is 53.1 Å². The van der Waals surface area contributed by atoms with Gasteiger partial charge in [0.2, 0.25) is 11.9 Å². The van der Waals surface area contributed by atoms with Crippen LogP contribution in [-0.4, -0.2) is 21.0 Å². The van der Waals surface area contributed by atoms with E-state index in [1.807, 2.05) is 62.4 Å². The molecule has 0 fully saturated rings. The quantitative estimate of drug-likeness (QED) is 0.532. The number of carbonyl (C=O) groups excluding carboxylic acids is 1. The summed E-state index contributed by atoms with van der Waals surface area (Å²) in [5.41, 5.74) is 4.37. The predicted octanol–water partition coefficient (Wildman–Crippen LogP) is 3.93. The van der Waals surface area contributed by atoms with Crippen molar-refractivity contribution < 1.29 is 14.1 Å². The number of nitrogens with zero attached hydrogens (tertiary/aromatic N) is 2. The van der Waals surface area contributed by atoms with Crippen LogP contribution in [0.2, 0.25) is 0 Å². The Morgan fingerprint density at radius 2 is 1.93 bits per heavy atom. The van der Waals surface area contributed by atoms with E-state index < -0.39 is 0 Å². The summed E-state index contributed by atoms with van der Waals surface area (Å²) >= 11 is 0. The Morgan fingerprint density at radius 3 is 2.64 bits per heavy atom. The Kier molecular flexibility index (Phi) is 4.80. The van der Waals surface area contributed by atoms with Crippen molar-refractivity contribution >= 4 is 22.9 Å². The number of benzene rings is 2. The topological polar surface area (TPSA) is 93.0 Å². The van der Waals surface area contributed by atoms with E-state index in [0.29, 0.717) is 12.6 Å². The first kappa shape index (κ1) is 17.8. The number of hydrogen-bond donors (Lipinski definition) is 2. The normalized spacial score (nSPS) is 10.9. The lowest BCUT2D eigenvalue weighted by molar-refractivity contribution is -0.115. The molecule has 0 saturated carbocycles. The molecule has 2 aromatic heterocycles. The van der Waals surface area contributed by atoms with Gasteiger partial charge in [0.05, 0.1) is 28.7 Å². The SMILES string of the molecule is Cc1noc(C)c1COc1ccc(CC(=O)Nc2nc3ccccc3[nH]2)cc1. The van der Waals surface area contributed by atoms with Crippen molar-refractivity contribution in [2.75, 3.05) is 5.32 Å². The van der Waals surface area contributed by atoms with E-state index in [-0.39, 0.29) is 12.3 Å². The molecular formula is C21H20N4O3. The van der Waals surface area contributed by atoms with Gasteiger partial charge in [0.15, 0.2) is 0 Å². The summed E-state index contributed by atoms with van der Waals surface area (Å²) in [6.07, 6.45) is 0.251. The highest BCUT2D eigenvalue weighted by atomic mass is 16.5. The maximum Gasteiger partial charge on any atom is 0.231 e. The third kappa shape index (κ3) is 3.88. The molecule has 0 aliphatic rings. The molecule has 0 saturated heterocycles. The van der Waals surface area contributed by atoms with E-state index in [4.69, 9.17) is 9.26 Å². The molecule has 0 spiro atoms. The molecule has 0 radical (unpaired) electrons. The van der Waals surface area contributed by atoms with Gasteiger partial charge in [-0.05, 0) is 43.7 Å². The zero-order valence-corrected chi connectivity index (χ0v) is 15.7. The molecule has 2 aromatic carbocycles. The van der Waals surface area contributed by atoms with Gasteiger partial charge in [-0.2, -0.15) is 0 Å². The number of amides is 1. The fourth-order valence-electron chi connectivity index (χ4n) is 2.94. The number of fused-ring (bicyclic) bond motifs is 1.